The van der Waals surface area contributed by atoms with Gasteiger partial charge in [-0.25, -0.2) is 17.4 Å². The van der Waals surface area contributed by atoms with Crippen LogP contribution in [0, 0.1) is 6.92 Å². The molecule has 8 heteroatoms. The maximum Gasteiger partial charge on any atom is 0.269 e. The van der Waals surface area contributed by atoms with E-state index in [1.54, 1.807) is 30.3 Å². The molecule has 2 aromatic heterocycles. The number of anilines is 2. The Bertz CT molecular complexity index is 1180. The lowest BCUT2D eigenvalue weighted by atomic mass is 9.95. The Morgan fingerprint density at radius 1 is 1.10 bits per heavy atom. The van der Waals surface area contributed by atoms with E-state index in [4.69, 9.17) is 0 Å². The number of carbonyl (C=O) groups is 1. The van der Waals surface area contributed by atoms with Gasteiger partial charge in [0.25, 0.3) is 10.0 Å². The molecule has 7 nitrogen and oxygen atoms in total. The van der Waals surface area contributed by atoms with E-state index in [0.29, 0.717) is 16.7 Å². The third kappa shape index (κ3) is 3.92. The molecule has 1 aliphatic carbocycles. The van der Waals surface area contributed by atoms with Crippen molar-refractivity contribution in [2.45, 2.75) is 56.9 Å². The number of carbonyl (C=O) groups excluding carboxylic acids is 1. The predicted octanol–water partition coefficient (Wildman–Crippen LogP) is 4.28. The van der Waals surface area contributed by atoms with E-state index in [0.717, 1.165) is 36.9 Å². The highest BCUT2D eigenvalue weighted by atomic mass is 32.2. The summed E-state index contributed by atoms with van der Waals surface area (Å²) in [5, 5.41) is 7.03. The van der Waals surface area contributed by atoms with Crippen LogP contribution in [-0.4, -0.2) is 29.3 Å². The Balaban J connectivity index is 1.81. The fraction of sp³-hybridized carbons (Fsp3) is 0.364. The highest BCUT2D eigenvalue weighted by Crippen LogP contribution is 2.34. The van der Waals surface area contributed by atoms with Crippen LogP contribution >= 0.6 is 0 Å². The minimum atomic E-state index is -3.79. The van der Waals surface area contributed by atoms with Crippen LogP contribution in [-0.2, 0) is 14.8 Å². The van der Waals surface area contributed by atoms with Crippen molar-refractivity contribution in [1.29, 1.82) is 0 Å². The second-order valence-corrected chi connectivity index (χ2v) is 9.69. The Morgan fingerprint density at radius 2 is 1.80 bits per heavy atom. The van der Waals surface area contributed by atoms with Gasteiger partial charge in [-0.1, -0.05) is 37.0 Å². The topological polar surface area (TPSA) is 93.1 Å². The predicted molar refractivity (Wildman–Crippen MR) is 118 cm³/mol. The normalized spacial score (nSPS) is 15.3. The summed E-state index contributed by atoms with van der Waals surface area (Å²) in [6.45, 7) is 3.36. The Hall–Kier alpha value is -2.87. The quantitative estimate of drug-likeness (QED) is 0.635. The summed E-state index contributed by atoms with van der Waals surface area (Å²) in [6.07, 6.45) is 8.69. The van der Waals surface area contributed by atoms with E-state index < -0.39 is 10.0 Å². The third-order valence-electron chi connectivity index (χ3n) is 5.52. The van der Waals surface area contributed by atoms with E-state index in [-0.39, 0.29) is 16.8 Å². The van der Waals surface area contributed by atoms with Crippen LogP contribution in [0.15, 0.2) is 47.6 Å². The summed E-state index contributed by atoms with van der Waals surface area (Å²) in [5.74, 6) is -0.199. The van der Waals surface area contributed by atoms with Crippen molar-refractivity contribution in [3.8, 4) is 0 Å². The highest BCUT2D eigenvalue weighted by Gasteiger charge is 2.23. The first kappa shape index (κ1) is 20.4. The lowest BCUT2D eigenvalue weighted by molar-refractivity contribution is -0.114. The molecule has 1 aliphatic rings. The van der Waals surface area contributed by atoms with Gasteiger partial charge in [-0.2, -0.15) is 0 Å². The first-order chi connectivity index (χ1) is 14.4. The second kappa shape index (κ2) is 8.10. The number of benzene rings is 1. The molecule has 0 radical (unpaired) electrons. The lowest BCUT2D eigenvalue weighted by Gasteiger charge is -2.25. The molecule has 1 saturated carbocycles. The average Bonchev–Trinajstić information content (AvgIpc) is 3.16. The van der Waals surface area contributed by atoms with E-state index in [2.05, 4.69) is 15.6 Å². The van der Waals surface area contributed by atoms with Gasteiger partial charge in [-0.3, -0.25) is 4.79 Å². The number of aryl methyl sites for hydroxylation is 1. The number of amides is 1. The van der Waals surface area contributed by atoms with Crippen molar-refractivity contribution in [2.75, 3.05) is 10.6 Å². The summed E-state index contributed by atoms with van der Waals surface area (Å²) < 4.78 is 27.6. The summed E-state index contributed by atoms with van der Waals surface area (Å²) in [6, 6.07) is 8.78. The highest BCUT2D eigenvalue weighted by molar-refractivity contribution is 7.90. The van der Waals surface area contributed by atoms with Gasteiger partial charge in [0.1, 0.15) is 0 Å². The lowest BCUT2D eigenvalue weighted by Crippen LogP contribution is -2.23. The molecule has 1 aromatic carbocycles. The molecule has 4 rings (SSSR count). The minimum Gasteiger partial charge on any atom is -0.380 e. The van der Waals surface area contributed by atoms with Gasteiger partial charge in [-0.05, 0) is 38.0 Å². The fourth-order valence-corrected chi connectivity index (χ4v) is 5.27. The molecular formula is C22H26N4O3S. The smallest absolute Gasteiger partial charge is 0.269 e. The Kier molecular flexibility index (Phi) is 5.51. The number of pyridine rings is 1. The molecule has 158 valence electrons. The Labute approximate surface area is 176 Å². The van der Waals surface area contributed by atoms with E-state index in [1.807, 2.05) is 6.92 Å². The van der Waals surface area contributed by atoms with Crippen LogP contribution in [0.4, 0.5) is 11.4 Å². The van der Waals surface area contributed by atoms with Crippen molar-refractivity contribution in [3.63, 3.8) is 0 Å². The zero-order valence-electron chi connectivity index (χ0n) is 17.2. The van der Waals surface area contributed by atoms with Gasteiger partial charge in [0, 0.05) is 24.5 Å². The van der Waals surface area contributed by atoms with Crippen molar-refractivity contribution in [1.82, 2.24) is 8.96 Å². The summed E-state index contributed by atoms with van der Waals surface area (Å²) in [4.78, 5) is 16.3. The summed E-state index contributed by atoms with van der Waals surface area (Å²) in [7, 11) is -3.79. The maximum absolute atomic E-state index is 13.2. The number of hydrogen-bond donors (Lipinski definition) is 2. The van der Waals surface area contributed by atoms with Gasteiger partial charge < -0.3 is 10.6 Å². The van der Waals surface area contributed by atoms with Crippen molar-refractivity contribution >= 4 is 38.3 Å². The van der Waals surface area contributed by atoms with Crippen LogP contribution in [0.25, 0.3) is 11.0 Å². The molecule has 1 fully saturated rings. The van der Waals surface area contributed by atoms with Gasteiger partial charge in [-0.15, -0.1) is 0 Å². The molecule has 0 unspecified atom stereocenters. The van der Waals surface area contributed by atoms with Crippen molar-refractivity contribution < 1.29 is 13.2 Å². The standard InChI is InChI=1S/C22H26N4O3S/c1-15-8-10-18(11-9-15)30(28,29)26-13-12-19-21(25-17-6-4-3-5-7-17)20(24-16(2)27)14-23-22(19)26/h8-14,17H,3-7H2,1-2H3,(H,23,25)(H,24,27). The van der Waals surface area contributed by atoms with Crippen LogP contribution < -0.4 is 10.6 Å². The van der Waals surface area contributed by atoms with Gasteiger partial charge >= 0.3 is 0 Å². The first-order valence-electron chi connectivity index (χ1n) is 10.2. The molecule has 30 heavy (non-hydrogen) atoms. The van der Waals surface area contributed by atoms with Crippen molar-refractivity contribution in [3.05, 3.63) is 48.3 Å². The molecular weight excluding hydrogens is 400 g/mol. The van der Waals surface area contributed by atoms with Gasteiger partial charge in [0.15, 0.2) is 5.65 Å². The summed E-state index contributed by atoms with van der Waals surface area (Å²) in [5.41, 5.74) is 2.61. The van der Waals surface area contributed by atoms with Gasteiger partial charge in [0.2, 0.25) is 5.91 Å². The number of fused-ring (bicyclic) bond motifs is 1. The third-order valence-corrected chi connectivity index (χ3v) is 7.20. The first-order valence-corrected chi connectivity index (χ1v) is 11.7. The molecule has 0 bridgehead atoms. The van der Waals surface area contributed by atoms with Crippen LogP contribution in [0.3, 0.4) is 0 Å². The molecule has 0 aliphatic heterocycles. The number of hydrogen-bond acceptors (Lipinski definition) is 5. The molecule has 1 amide bonds. The zero-order valence-corrected chi connectivity index (χ0v) is 18.0. The van der Waals surface area contributed by atoms with E-state index in [9.17, 15) is 13.2 Å². The molecule has 0 saturated heterocycles. The minimum absolute atomic E-state index is 0.199. The number of rotatable bonds is 5. The number of aromatic nitrogens is 2. The molecule has 3 aromatic rings. The van der Waals surface area contributed by atoms with E-state index in [1.165, 1.54) is 29.7 Å². The van der Waals surface area contributed by atoms with Crippen LogP contribution in [0.2, 0.25) is 0 Å². The van der Waals surface area contributed by atoms with Crippen molar-refractivity contribution in [2.24, 2.45) is 0 Å². The largest absolute Gasteiger partial charge is 0.380 e. The number of nitrogens with one attached hydrogen (secondary N) is 2. The summed E-state index contributed by atoms with van der Waals surface area (Å²) >= 11 is 0. The average molecular weight is 427 g/mol. The van der Waals surface area contributed by atoms with Gasteiger partial charge in [0.05, 0.1) is 22.5 Å². The zero-order chi connectivity index (χ0) is 21.3. The SMILES string of the molecule is CC(=O)Nc1cnc2c(ccn2S(=O)(=O)c2ccc(C)cc2)c1NC1CCCCC1. The van der Waals surface area contributed by atoms with E-state index >= 15 is 0 Å². The number of nitrogens with zero attached hydrogens (tertiary/aromatic N) is 2. The van der Waals surface area contributed by atoms with Crippen LogP contribution in [0.1, 0.15) is 44.6 Å². The molecule has 0 atom stereocenters. The second-order valence-electron chi connectivity index (χ2n) is 7.87. The molecule has 2 heterocycles. The monoisotopic (exact) mass is 426 g/mol. The maximum atomic E-state index is 13.2. The fourth-order valence-electron chi connectivity index (χ4n) is 3.97. The molecule has 2 N–H and O–H groups in total. The Morgan fingerprint density at radius 3 is 2.47 bits per heavy atom. The van der Waals surface area contributed by atoms with Crippen LogP contribution in [0.5, 0.6) is 0 Å². The molecule has 0 spiro atoms.